The van der Waals surface area contributed by atoms with Crippen LogP contribution in [-0.2, 0) is 9.53 Å². The molecular formula is C14H19ClN2O2. The van der Waals surface area contributed by atoms with E-state index in [0.717, 1.165) is 18.8 Å². The van der Waals surface area contributed by atoms with Crippen molar-refractivity contribution in [1.29, 1.82) is 0 Å². The summed E-state index contributed by atoms with van der Waals surface area (Å²) in [6.07, 6.45) is 0.346. The van der Waals surface area contributed by atoms with Crippen LogP contribution in [0.4, 0.5) is 5.69 Å². The normalized spacial score (nSPS) is 24.2. The van der Waals surface area contributed by atoms with Crippen molar-refractivity contribution in [3.05, 3.63) is 29.3 Å². The summed E-state index contributed by atoms with van der Waals surface area (Å²) in [4.78, 5) is 14.1. The van der Waals surface area contributed by atoms with Gasteiger partial charge in [0, 0.05) is 23.8 Å². The highest BCUT2D eigenvalue weighted by atomic mass is 35.5. The molecule has 0 saturated carbocycles. The highest BCUT2D eigenvalue weighted by Gasteiger charge is 2.23. The SMILES string of the molecule is CC1CN(CC(=O)Nc2ccc(Cl)cc2)CC(C)O1. The van der Waals surface area contributed by atoms with Crippen LogP contribution in [0.15, 0.2) is 24.3 Å². The molecular weight excluding hydrogens is 264 g/mol. The summed E-state index contributed by atoms with van der Waals surface area (Å²) in [6, 6.07) is 7.11. The summed E-state index contributed by atoms with van der Waals surface area (Å²) < 4.78 is 5.64. The van der Waals surface area contributed by atoms with Crippen molar-refractivity contribution in [2.24, 2.45) is 0 Å². The molecule has 104 valence electrons. The van der Waals surface area contributed by atoms with Crippen LogP contribution in [0.5, 0.6) is 0 Å². The Morgan fingerprint density at radius 3 is 2.47 bits per heavy atom. The van der Waals surface area contributed by atoms with Crippen molar-refractivity contribution in [2.45, 2.75) is 26.1 Å². The summed E-state index contributed by atoms with van der Waals surface area (Å²) in [5.41, 5.74) is 0.767. The van der Waals surface area contributed by atoms with E-state index in [2.05, 4.69) is 10.2 Å². The molecule has 19 heavy (non-hydrogen) atoms. The molecule has 0 bridgehead atoms. The van der Waals surface area contributed by atoms with Gasteiger partial charge in [0.15, 0.2) is 0 Å². The lowest BCUT2D eigenvalue weighted by Crippen LogP contribution is -2.48. The fourth-order valence-corrected chi connectivity index (χ4v) is 2.48. The highest BCUT2D eigenvalue weighted by Crippen LogP contribution is 2.14. The highest BCUT2D eigenvalue weighted by molar-refractivity contribution is 6.30. The molecule has 1 aliphatic rings. The van der Waals surface area contributed by atoms with Gasteiger partial charge in [0.2, 0.25) is 5.91 Å². The third-order valence-corrected chi connectivity index (χ3v) is 3.24. The minimum Gasteiger partial charge on any atom is -0.373 e. The van der Waals surface area contributed by atoms with E-state index in [-0.39, 0.29) is 18.1 Å². The number of amides is 1. The van der Waals surface area contributed by atoms with E-state index in [1.54, 1.807) is 24.3 Å². The Morgan fingerprint density at radius 1 is 1.32 bits per heavy atom. The van der Waals surface area contributed by atoms with Crippen molar-refractivity contribution < 1.29 is 9.53 Å². The number of nitrogens with one attached hydrogen (secondary N) is 1. The number of hydrogen-bond donors (Lipinski definition) is 1. The van der Waals surface area contributed by atoms with Gasteiger partial charge < -0.3 is 10.1 Å². The number of hydrogen-bond acceptors (Lipinski definition) is 3. The van der Waals surface area contributed by atoms with Crippen molar-refractivity contribution in [2.75, 3.05) is 25.0 Å². The number of rotatable bonds is 3. The largest absolute Gasteiger partial charge is 0.373 e. The Morgan fingerprint density at radius 2 is 1.89 bits per heavy atom. The predicted molar refractivity (Wildman–Crippen MR) is 76.5 cm³/mol. The Bertz CT molecular complexity index is 426. The van der Waals surface area contributed by atoms with Crippen LogP contribution in [0.25, 0.3) is 0 Å². The maximum atomic E-state index is 12.0. The van der Waals surface area contributed by atoms with Gasteiger partial charge >= 0.3 is 0 Å². The van der Waals surface area contributed by atoms with Crippen LogP contribution in [0.2, 0.25) is 5.02 Å². The quantitative estimate of drug-likeness (QED) is 0.925. The van der Waals surface area contributed by atoms with Crippen LogP contribution < -0.4 is 5.32 Å². The number of nitrogens with zero attached hydrogens (tertiary/aromatic N) is 1. The molecule has 1 N–H and O–H groups in total. The van der Waals surface area contributed by atoms with Crippen molar-refractivity contribution in [3.8, 4) is 0 Å². The molecule has 0 spiro atoms. The zero-order chi connectivity index (χ0) is 13.8. The lowest BCUT2D eigenvalue weighted by molar-refractivity contribution is -0.121. The van der Waals surface area contributed by atoms with Gasteiger partial charge in [0.1, 0.15) is 0 Å². The predicted octanol–water partition coefficient (Wildman–Crippen LogP) is 2.39. The summed E-state index contributed by atoms with van der Waals surface area (Å²) in [5, 5.41) is 3.53. The van der Waals surface area contributed by atoms with E-state index in [0.29, 0.717) is 11.6 Å². The number of ether oxygens (including phenoxy) is 1. The minimum atomic E-state index is -0.0105. The van der Waals surface area contributed by atoms with Gasteiger partial charge in [-0.25, -0.2) is 0 Å². The molecule has 0 radical (unpaired) electrons. The summed E-state index contributed by atoms with van der Waals surface area (Å²) in [7, 11) is 0. The summed E-state index contributed by atoms with van der Waals surface area (Å²) in [6.45, 7) is 6.02. The zero-order valence-corrected chi connectivity index (χ0v) is 12.0. The first-order valence-electron chi connectivity index (χ1n) is 6.46. The molecule has 1 aromatic rings. The first kappa shape index (κ1) is 14.3. The summed E-state index contributed by atoms with van der Waals surface area (Å²) >= 11 is 5.80. The Hall–Kier alpha value is -1.10. The number of benzene rings is 1. The van der Waals surface area contributed by atoms with Crippen molar-refractivity contribution >= 4 is 23.2 Å². The topological polar surface area (TPSA) is 41.6 Å². The van der Waals surface area contributed by atoms with Crippen molar-refractivity contribution in [3.63, 3.8) is 0 Å². The van der Waals surface area contributed by atoms with Gasteiger partial charge in [-0.1, -0.05) is 11.6 Å². The average molecular weight is 283 g/mol. The number of carbonyl (C=O) groups is 1. The minimum absolute atomic E-state index is 0.0105. The van der Waals surface area contributed by atoms with E-state index in [9.17, 15) is 4.79 Å². The van der Waals surface area contributed by atoms with Crippen LogP contribution in [-0.4, -0.2) is 42.6 Å². The molecule has 2 unspecified atom stereocenters. The first-order valence-corrected chi connectivity index (χ1v) is 6.84. The molecule has 2 atom stereocenters. The Kier molecular flexibility index (Phi) is 4.80. The van der Waals surface area contributed by atoms with E-state index in [1.807, 2.05) is 13.8 Å². The second-order valence-corrected chi connectivity index (χ2v) is 5.44. The second-order valence-electron chi connectivity index (χ2n) is 5.01. The number of carbonyl (C=O) groups excluding carboxylic acids is 1. The maximum absolute atomic E-state index is 12.0. The van der Waals surface area contributed by atoms with E-state index in [4.69, 9.17) is 16.3 Å². The number of morpholine rings is 1. The molecule has 1 amide bonds. The van der Waals surface area contributed by atoms with E-state index >= 15 is 0 Å². The van der Waals surface area contributed by atoms with Gasteiger partial charge in [0.25, 0.3) is 0 Å². The molecule has 1 aliphatic heterocycles. The molecule has 4 nitrogen and oxygen atoms in total. The monoisotopic (exact) mass is 282 g/mol. The van der Waals surface area contributed by atoms with Gasteiger partial charge in [-0.3, -0.25) is 9.69 Å². The zero-order valence-electron chi connectivity index (χ0n) is 11.2. The number of anilines is 1. The molecule has 1 heterocycles. The fourth-order valence-electron chi connectivity index (χ4n) is 2.35. The van der Waals surface area contributed by atoms with Crippen LogP contribution in [0.1, 0.15) is 13.8 Å². The Labute approximate surface area is 118 Å². The smallest absolute Gasteiger partial charge is 0.238 e. The van der Waals surface area contributed by atoms with Gasteiger partial charge in [-0.15, -0.1) is 0 Å². The number of halogens is 1. The second kappa shape index (κ2) is 6.37. The first-order chi connectivity index (χ1) is 9.02. The van der Waals surface area contributed by atoms with Crippen molar-refractivity contribution in [1.82, 2.24) is 4.90 Å². The van der Waals surface area contributed by atoms with Crippen LogP contribution >= 0.6 is 11.6 Å². The standard InChI is InChI=1S/C14H19ClN2O2/c1-10-7-17(8-11(2)19-10)9-14(18)16-13-5-3-12(15)4-6-13/h3-6,10-11H,7-9H2,1-2H3,(H,16,18). The molecule has 0 aliphatic carbocycles. The molecule has 1 aromatic carbocycles. The molecule has 1 saturated heterocycles. The van der Waals surface area contributed by atoms with Crippen LogP contribution in [0.3, 0.4) is 0 Å². The van der Waals surface area contributed by atoms with Crippen LogP contribution in [0, 0.1) is 0 Å². The average Bonchev–Trinajstić information content (AvgIpc) is 2.30. The Balaban J connectivity index is 1.85. The van der Waals surface area contributed by atoms with Gasteiger partial charge in [0.05, 0.1) is 18.8 Å². The van der Waals surface area contributed by atoms with Gasteiger partial charge in [-0.05, 0) is 38.1 Å². The van der Waals surface area contributed by atoms with E-state index in [1.165, 1.54) is 0 Å². The third kappa shape index (κ3) is 4.49. The molecule has 0 aromatic heterocycles. The molecule has 5 heteroatoms. The fraction of sp³-hybridized carbons (Fsp3) is 0.500. The maximum Gasteiger partial charge on any atom is 0.238 e. The molecule has 2 rings (SSSR count). The molecule has 1 fully saturated rings. The third-order valence-electron chi connectivity index (χ3n) is 2.99. The van der Waals surface area contributed by atoms with Gasteiger partial charge in [-0.2, -0.15) is 0 Å². The lowest BCUT2D eigenvalue weighted by Gasteiger charge is -2.34. The van der Waals surface area contributed by atoms with E-state index < -0.39 is 0 Å². The summed E-state index contributed by atoms with van der Waals surface area (Å²) in [5.74, 6) is -0.0105. The lowest BCUT2D eigenvalue weighted by atomic mass is 10.2.